The van der Waals surface area contributed by atoms with Crippen molar-refractivity contribution in [2.75, 3.05) is 12.3 Å². The molecular weight excluding hydrogens is 385 g/mol. The number of nitrogens with one attached hydrogen (secondary N) is 1. The third-order valence-electron chi connectivity index (χ3n) is 3.89. The van der Waals surface area contributed by atoms with Gasteiger partial charge >= 0.3 is 0 Å². The number of nitrogens with zero attached hydrogens (tertiary/aromatic N) is 2. The minimum Gasteiger partial charge on any atom is -0.345 e. The van der Waals surface area contributed by atoms with E-state index < -0.39 is 15.9 Å². The van der Waals surface area contributed by atoms with Gasteiger partial charge in [0.1, 0.15) is 0 Å². The number of rotatable bonds is 3. The molecule has 25 heavy (non-hydrogen) atoms. The van der Waals surface area contributed by atoms with E-state index in [1.165, 1.54) is 0 Å². The molecule has 1 atom stereocenters. The Labute approximate surface area is 155 Å². The molecule has 1 unspecified atom stereocenters. The van der Waals surface area contributed by atoms with Crippen LogP contribution in [-0.4, -0.2) is 37.4 Å². The molecule has 9 heteroatoms. The summed E-state index contributed by atoms with van der Waals surface area (Å²) >= 11 is 11.9. The van der Waals surface area contributed by atoms with Crippen molar-refractivity contribution in [1.29, 1.82) is 0 Å². The first-order chi connectivity index (χ1) is 11.8. The van der Waals surface area contributed by atoms with Crippen LogP contribution in [0, 0.1) is 0 Å². The van der Waals surface area contributed by atoms with E-state index in [0.29, 0.717) is 10.0 Å². The Morgan fingerprint density at radius 1 is 1.32 bits per heavy atom. The van der Waals surface area contributed by atoms with Crippen molar-refractivity contribution < 1.29 is 13.2 Å². The van der Waals surface area contributed by atoms with Gasteiger partial charge in [-0.15, -0.1) is 4.40 Å². The molecule has 0 spiro atoms. The van der Waals surface area contributed by atoms with Crippen LogP contribution in [0.4, 0.5) is 0 Å². The van der Waals surface area contributed by atoms with Crippen LogP contribution in [0.3, 0.4) is 0 Å². The lowest BCUT2D eigenvalue weighted by Crippen LogP contribution is -2.42. The number of allylic oxidation sites excluding steroid dienone is 2. The number of fused-ring (bicyclic) bond motifs is 1. The average molecular weight is 400 g/mol. The summed E-state index contributed by atoms with van der Waals surface area (Å²) in [5, 5.41) is 3.66. The van der Waals surface area contributed by atoms with E-state index in [2.05, 4.69) is 9.71 Å². The van der Waals surface area contributed by atoms with Crippen LogP contribution in [0.5, 0.6) is 0 Å². The van der Waals surface area contributed by atoms with E-state index in [-0.39, 0.29) is 29.7 Å². The zero-order chi connectivity index (χ0) is 18.2. The third kappa shape index (κ3) is 3.89. The molecule has 0 fully saturated rings. The van der Waals surface area contributed by atoms with Crippen molar-refractivity contribution in [3.8, 4) is 0 Å². The lowest BCUT2D eigenvalue weighted by Gasteiger charge is -2.29. The van der Waals surface area contributed by atoms with Crippen LogP contribution in [0.1, 0.15) is 18.5 Å². The number of hydrogen-bond donors (Lipinski definition) is 1. The van der Waals surface area contributed by atoms with Gasteiger partial charge in [-0.3, -0.25) is 4.79 Å². The maximum absolute atomic E-state index is 12.6. The summed E-state index contributed by atoms with van der Waals surface area (Å²) in [6, 6.07) is 4.76. The number of amides is 1. The first-order valence-electron chi connectivity index (χ1n) is 7.51. The molecule has 2 aliphatic heterocycles. The zero-order valence-electron chi connectivity index (χ0n) is 13.2. The molecule has 0 saturated heterocycles. The van der Waals surface area contributed by atoms with Crippen LogP contribution in [-0.2, 0) is 14.8 Å². The highest BCUT2D eigenvalue weighted by atomic mass is 35.5. The Bertz CT molecular complexity index is 923. The maximum atomic E-state index is 12.6. The van der Waals surface area contributed by atoms with Crippen LogP contribution in [0.15, 0.2) is 46.5 Å². The number of benzene rings is 1. The van der Waals surface area contributed by atoms with Crippen molar-refractivity contribution in [2.24, 2.45) is 4.40 Å². The van der Waals surface area contributed by atoms with Gasteiger partial charge in [0.05, 0.1) is 27.4 Å². The molecule has 3 rings (SSSR count). The molecule has 6 nitrogen and oxygen atoms in total. The first kappa shape index (κ1) is 18.0. The smallest absolute Gasteiger partial charge is 0.256 e. The van der Waals surface area contributed by atoms with Gasteiger partial charge in [0, 0.05) is 12.7 Å². The Balaban J connectivity index is 1.82. The molecule has 1 aromatic rings. The zero-order valence-corrected chi connectivity index (χ0v) is 15.6. The van der Waals surface area contributed by atoms with Crippen molar-refractivity contribution in [1.82, 2.24) is 10.2 Å². The summed E-state index contributed by atoms with van der Waals surface area (Å²) in [6.07, 6.45) is 4.94. The van der Waals surface area contributed by atoms with E-state index >= 15 is 0 Å². The number of carbonyl (C=O) groups excluding carboxylic acids is 1. The Morgan fingerprint density at radius 2 is 2.08 bits per heavy atom. The Kier molecular flexibility index (Phi) is 4.90. The maximum Gasteiger partial charge on any atom is 0.256 e. The van der Waals surface area contributed by atoms with Gasteiger partial charge in [-0.25, -0.2) is 8.42 Å². The fourth-order valence-electron chi connectivity index (χ4n) is 2.53. The summed E-state index contributed by atoms with van der Waals surface area (Å²) < 4.78 is 27.3. The predicted octanol–water partition coefficient (Wildman–Crippen LogP) is 2.67. The molecule has 1 amide bonds. The van der Waals surface area contributed by atoms with Gasteiger partial charge in [0.25, 0.3) is 15.9 Å². The number of amidine groups is 1. The lowest BCUT2D eigenvalue weighted by molar-refractivity contribution is -0.117. The van der Waals surface area contributed by atoms with E-state index in [9.17, 15) is 13.2 Å². The van der Waals surface area contributed by atoms with Crippen LogP contribution in [0.25, 0.3) is 0 Å². The molecule has 0 saturated carbocycles. The predicted molar refractivity (Wildman–Crippen MR) is 98.2 cm³/mol. The number of hydrogen-bond acceptors (Lipinski definition) is 4. The van der Waals surface area contributed by atoms with Gasteiger partial charge in [-0.05, 0) is 36.8 Å². The van der Waals surface area contributed by atoms with Crippen LogP contribution >= 0.6 is 23.2 Å². The molecule has 0 aliphatic carbocycles. The van der Waals surface area contributed by atoms with Crippen molar-refractivity contribution in [2.45, 2.75) is 13.0 Å². The minimum atomic E-state index is -3.55. The fourth-order valence-corrected chi connectivity index (χ4v) is 3.82. The molecule has 1 aromatic carbocycles. The largest absolute Gasteiger partial charge is 0.345 e. The monoisotopic (exact) mass is 399 g/mol. The fraction of sp³-hybridized carbons (Fsp3) is 0.250. The second-order valence-electron chi connectivity index (χ2n) is 5.68. The van der Waals surface area contributed by atoms with Gasteiger partial charge < -0.3 is 10.2 Å². The number of carbonyl (C=O) groups is 1. The molecule has 0 radical (unpaired) electrons. The lowest BCUT2D eigenvalue weighted by atomic mass is 10.1. The van der Waals surface area contributed by atoms with Gasteiger partial charge in [0.15, 0.2) is 5.84 Å². The van der Waals surface area contributed by atoms with E-state index in [1.54, 1.807) is 48.4 Å². The van der Waals surface area contributed by atoms with Gasteiger partial charge in [-0.1, -0.05) is 29.3 Å². The second-order valence-corrected chi connectivity index (χ2v) is 8.25. The quantitative estimate of drug-likeness (QED) is 0.846. The van der Waals surface area contributed by atoms with E-state index in [0.717, 1.165) is 5.56 Å². The van der Waals surface area contributed by atoms with Gasteiger partial charge in [0.2, 0.25) is 0 Å². The summed E-state index contributed by atoms with van der Waals surface area (Å²) in [4.78, 5) is 14.3. The summed E-state index contributed by atoms with van der Waals surface area (Å²) in [5.74, 6) is -0.341. The topological polar surface area (TPSA) is 78.8 Å². The van der Waals surface area contributed by atoms with Crippen molar-refractivity contribution in [3.05, 3.63) is 57.7 Å². The molecule has 0 bridgehead atoms. The molecular formula is C16H15Cl2N3O3S. The Hall–Kier alpha value is -1.83. The van der Waals surface area contributed by atoms with E-state index in [4.69, 9.17) is 23.2 Å². The highest BCUT2D eigenvalue weighted by Gasteiger charge is 2.30. The summed E-state index contributed by atoms with van der Waals surface area (Å²) in [7, 11) is -3.55. The minimum absolute atomic E-state index is 0.0740. The highest BCUT2D eigenvalue weighted by Crippen LogP contribution is 2.26. The third-order valence-corrected chi connectivity index (χ3v) is 5.78. The SMILES string of the molecule is CC(NC(=O)C1=CC=CN2CCS(=O)(=O)N=C12)c1ccc(Cl)c(Cl)c1. The Morgan fingerprint density at radius 3 is 2.80 bits per heavy atom. The normalized spacial score (nSPS) is 19.6. The van der Waals surface area contributed by atoms with Gasteiger partial charge in [-0.2, -0.15) is 0 Å². The average Bonchev–Trinajstić information content (AvgIpc) is 2.55. The summed E-state index contributed by atoms with van der Waals surface area (Å²) in [5.41, 5.74) is 0.988. The van der Waals surface area contributed by atoms with Crippen LogP contribution in [0.2, 0.25) is 10.0 Å². The second kappa shape index (κ2) is 6.82. The molecule has 2 heterocycles. The number of halogens is 2. The molecule has 2 aliphatic rings. The van der Waals surface area contributed by atoms with Crippen molar-refractivity contribution in [3.63, 3.8) is 0 Å². The molecule has 0 aromatic heterocycles. The van der Waals surface area contributed by atoms with Crippen LogP contribution < -0.4 is 5.32 Å². The first-order valence-corrected chi connectivity index (χ1v) is 9.87. The number of sulfonamides is 1. The molecule has 1 N–H and O–H groups in total. The van der Waals surface area contributed by atoms with E-state index in [1.807, 2.05) is 0 Å². The summed E-state index contributed by atoms with van der Waals surface area (Å²) in [6.45, 7) is 2.07. The standard InChI is InChI=1S/C16H15Cl2N3O3S/c1-10(11-4-5-13(17)14(18)9-11)19-16(22)12-3-2-6-21-7-8-25(23,24)20-15(12)21/h2-6,9-10H,7-8H2,1H3,(H,19,22). The highest BCUT2D eigenvalue weighted by molar-refractivity contribution is 7.90. The van der Waals surface area contributed by atoms with Crippen molar-refractivity contribution >= 4 is 45.0 Å². The molecule has 132 valence electrons.